The summed E-state index contributed by atoms with van der Waals surface area (Å²) in [7, 11) is 0. The summed E-state index contributed by atoms with van der Waals surface area (Å²) in [6.07, 6.45) is 0. The summed E-state index contributed by atoms with van der Waals surface area (Å²) in [6.45, 7) is 4.90. The summed E-state index contributed by atoms with van der Waals surface area (Å²) in [5.41, 5.74) is -0.0530. The van der Waals surface area contributed by atoms with Gasteiger partial charge < -0.3 is 9.64 Å². The second kappa shape index (κ2) is 6.58. The van der Waals surface area contributed by atoms with Gasteiger partial charge in [0.05, 0.1) is 11.0 Å². The zero-order valence-electron chi connectivity index (χ0n) is 10.5. The number of amides is 1. The Morgan fingerprint density at radius 2 is 2.06 bits per heavy atom. The predicted octanol–water partition coefficient (Wildman–Crippen LogP) is 1.84. The van der Waals surface area contributed by atoms with E-state index in [0.717, 1.165) is 0 Å². The number of benzene rings is 1. The highest BCUT2D eigenvalue weighted by Gasteiger charge is 2.11. The molecule has 0 saturated heterocycles. The molecular formula is C12H16N2O4. The molecule has 1 aromatic carbocycles. The highest BCUT2D eigenvalue weighted by atomic mass is 16.6. The molecule has 0 unspecified atom stereocenters. The molecule has 0 aliphatic rings. The second-order valence-corrected chi connectivity index (χ2v) is 3.61. The Bertz CT molecular complexity index is 430. The number of rotatable bonds is 6. The molecule has 6 heteroatoms. The molecule has 0 bridgehead atoms. The Kier molecular flexibility index (Phi) is 5.10. The molecule has 0 aliphatic heterocycles. The lowest BCUT2D eigenvalue weighted by molar-refractivity contribution is -0.384. The first kappa shape index (κ1) is 14.0. The van der Waals surface area contributed by atoms with Crippen LogP contribution >= 0.6 is 0 Å². The Morgan fingerprint density at radius 1 is 1.39 bits per heavy atom. The number of carbonyl (C=O) groups is 1. The average Bonchev–Trinajstić information content (AvgIpc) is 2.38. The van der Waals surface area contributed by atoms with E-state index in [1.165, 1.54) is 18.2 Å². The Balaban J connectivity index is 2.61. The number of nitro benzene ring substituents is 1. The van der Waals surface area contributed by atoms with Crippen LogP contribution in [0.25, 0.3) is 0 Å². The Morgan fingerprint density at radius 3 is 2.61 bits per heavy atom. The SMILES string of the molecule is CCN(CC)C(=O)COc1cccc([N+](=O)[O-])c1. The molecule has 0 fully saturated rings. The molecule has 0 N–H and O–H groups in total. The number of nitrogens with zero attached hydrogens (tertiary/aromatic N) is 2. The van der Waals surface area contributed by atoms with Crippen molar-refractivity contribution in [2.45, 2.75) is 13.8 Å². The lowest BCUT2D eigenvalue weighted by Crippen LogP contribution is -2.34. The summed E-state index contributed by atoms with van der Waals surface area (Å²) in [6, 6.07) is 5.78. The molecule has 18 heavy (non-hydrogen) atoms. The van der Waals surface area contributed by atoms with Crippen LogP contribution < -0.4 is 4.74 Å². The highest BCUT2D eigenvalue weighted by molar-refractivity contribution is 5.77. The third-order valence-electron chi connectivity index (χ3n) is 2.51. The van der Waals surface area contributed by atoms with Crippen molar-refractivity contribution in [2.75, 3.05) is 19.7 Å². The lowest BCUT2D eigenvalue weighted by Gasteiger charge is -2.18. The van der Waals surface area contributed by atoms with Gasteiger partial charge in [-0.3, -0.25) is 14.9 Å². The second-order valence-electron chi connectivity index (χ2n) is 3.61. The summed E-state index contributed by atoms with van der Waals surface area (Å²) < 4.78 is 5.25. The number of likely N-dealkylation sites (N-methyl/N-ethyl adjacent to an activating group) is 1. The minimum absolute atomic E-state index is 0.0530. The van der Waals surface area contributed by atoms with Crippen LogP contribution in [0.5, 0.6) is 5.75 Å². The molecule has 1 rings (SSSR count). The van der Waals surface area contributed by atoms with Crippen molar-refractivity contribution in [3.63, 3.8) is 0 Å². The van der Waals surface area contributed by atoms with Gasteiger partial charge >= 0.3 is 0 Å². The number of non-ortho nitro benzene ring substituents is 1. The molecule has 0 saturated carbocycles. The third-order valence-corrected chi connectivity index (χ3v) is 2.51. The van der Waals surface area contributed by atoms with Crippen molar-refractivity contribution in [1.82, 2.24) is 4.90 Å². The lowest BCUT2D eigenvalue weighted by atomic mass is 10.3. The minimum atomic E-state index is -0.501. The van der Waals surface area contributed by atoms with Gasteiger partial charge in [-0.25, -0.2) is 0 Å². The molecule has 0 aliphatic carbocycles. The third kappa shape index (κ3) is 3.73. The van der Waals surface area contributed by atoms with Gasteiger partial charge in [0, 0.05) is 19.2 Å². The predicted molar refractivity (Wildman–Crippen MR) is 66.5 cm³/mol. The maximum Gasteiger partial charge on any atom is 0.273 e. The average molecular weight is 252 g/mol. The fourth-order valence-corrected chi connectivity index (χ4v) is 1.50. The van der Waals surface area contributed by atoms with E-state index in [1.807, 2.05) is 13.8 Å². The number of nitro groups is 1. The quantitative estimate of drug-likeness (QED) is 0.572. The minimum Gasteiger partial charge on any atom is -0.484 e. The van der Waals surface area contributed by atoms with Crippen LogP contribution in [0.15, 0.2) is 24.3 Å². The van der Waals surface area contributed by atoms with Crippen molar-refractivity contribution in [3.05, 3.63) is 34.4 Å². The van der Waals surface area contributed by atoms with Crippen LogP contribution in [0.4, 0.5) is 5.69 Å². The molecular weight excluding hydrogens is 236 g/mol. The van der Waals surface area contributed by atoms with Crippen molar-refractivity contribution < 1.29 is 14.5 Å². The number of carbonyl (C=O) groups excluding carboxylic acids is 1. The molecule has 0 atom stereocenters. The topological polar surface area (TPSA) is 72.7 Å². The highest BCUT2D eigenvalue weighted by Crippen LogP contribution is 2.18. The first-order chi connectivity index (χ1) is 8.58. The van der Waals surface area contributed by atoms with Crippen LogP contribution in [0, 0.1) is 10.1 Å². The van der Waals surface area contributed by atoms with E-state index < -0.39 is 4.92 Å². The van der Waals surface area contributed by atoms with Gasteiger partial charge in [-0.15, -0.1) is 0 Å². The van der Waals surface area contributed by atoms with Gasteiger partial charge in [-0.1, -0.05) is 6.07 Å². The molecule has 1 aromatic rings. The van der Waals surface area contributed by atoms with Crippen molar-refractivity contribution in [2.24, 2.45) is 0 Å². The summed E-state index contributed by atoms with van der Waals surface area (Å²) in [4.78, 5) is 23.4. The van der Waals surface area contributed by atoms with Crippen LogP contribution in [0.2, 0.25) is 0 Å². The van der Waals surface area contributed by atoms with E-state index in [-0.39, 0.29) is 18.2 Å². The van der Waals surface area contributed by atoms with E-state index in [4.69, 9.17) is 4.74 Å². The van der Waals surface area contributed by atoms with Gasteiger partial charge in [-0.05, 0) is 19.9 Å². The Hall–Kier alpha value is -2.11. The van der Waals surface area contributed by atoms with E-state index in [1.54, 1.807) is 11.0 Å². The maximum absolute atomic E-state index is 11.7. The van der Waals surface area contributed by atoms with Crippen molar-refractivity contribution in [1.29, 1.82) is 0 Å². The number of ether oxygens (including phenoxy) is 1. The molecule has 0 radical (unpaired) electrons. The zero-order valence-corrected chi connectivity index (χ0v) is 10.5. The van der Waals surface area contributed by atoms with Crippen LogP contribution in [0.1, 0.15) is 13.8 Å². The molecule has 1 amide bonds. The summed E-state index contributed by atoms with van der Waals surface area (Å²) >= 11 is 0. The zero-order chi connectivity index (χ0) is 13.5. The van der Waals surface area contributed by atoms with Crippen LogP contribution in [-0.4, -0.2) is 35.4 Å². The van der Waals surface area contributed by atoms with Gasteiger partial charge in [-0.2, -0.15) is 0 Å². The van der Waals surface area contributed by atoms with E-state index >= 15 is 0 Å². The number of hydrogen-bond acceptors (Lipinski definition) is 4. The van der Waals surface area contributed by atoms with E-state index in [0.29, 0.717) is 18.8 Å². The van der Waals surface area contributed by atoms with E-state index in [2.05, 4.69) is 0 Å². The van der Waals surface area contributed by atoms with Gasteiger partial charge in [0.15, 0.2) is 6.61 Å². The van der Waals surface area contributed by atoms with Gasteiger partial charge in [0.1, 0.15) is 5.75 Å². The smallest absolute Gasteiger partial charge is 0.273 e. The first-order valence-electron chi connectivity index (χ1n) is 5.73. The first-order valence-corrected chi connectivity index (χ1v) is 5.73. The van der Waals surface area contributed by atoms with Crippen molar-refractivity contribution >= 4 is 11.6 Å². The molecule has 98 valence electrons. The normalized spacial score (nSPS) is 9.89. The summed E-state index contributed by atoms with van der Waals surface area (Å²) in [5, 5.41) is 10.6. The maximum atomic E-state index is 11.7. The number of hydrogen-bond donors (Lipinski definition) is 0. The largest absolute Gasteiger partial charge is 0.484 e. The fourth-order valence-electron chi connectivity index (χ4n) is 1.50. The van der Waals surface area contributed by atoms with Gasteiger partial charge in [0.25, 0.3) is 11.6 Å². The molecule has 0 heterocycles. The monoisotopic (exact) mass is 252 g/mol. The standard InChI is InChI=1S/C12H16N2O4/c1-3-13(4-2)12(15)9-18-11-7-5-6-10(8-11)14(16)17/h5-8H,3-4,9H2,1-2H3. The molecule has 6 nitrogen and oxygen atoms in total. The fraction of sp³-hybridized carbons (Fsp3) is 0.417. The van der Waals surface area contributed by atoms with E-state index in [9.17, 15) is 14.9 Å². The van der Waals surface area contributed by atoms with Crippen LogP contribution in [0.3, 0.4) is 0 Å². The summed E-state index contributed by atoms with van der Waals surface area (Å²) in [5.74, 6) is 0.191. The molecule has 0 aromatic heterocycles. The Labute approximate surface area is 105 Å². The van der Waals surface area contributed by atoms with Crippen molar-refractivity contribution in [3.8, 4) is 5.75 Å². The van der Waals surface area contributed by atoms with Crippen LogP contribution in [-0.2, 0) is 4.79 Å². The molecule has 0 spiro atoms. The van der Waals surface area contributed by atoms with Gasteiger partial charge in [0.2, 0.25) is 0 Å².